The maximum atomic E-state index is 13.5. The Bertz CT molecular complexity index is 992. The second kappa shape index (κ2) is 8.59. The average molecular weight is 385 g/mol. The molecule has 5 heteroatoms. The largest absolute Gasteiger partial charge is 0.329 e. The lowest BCUT2D eigenvalue weighted by molar-refractivity contribution is 0.0735. The molecule has 1 heterocycles. The van der Waals surface area contributed by atoms with Gasteiger partial charge in [0.1, 0.15) is 10.6 Å². The van der Waals surface area contributed by atoms with Crippen LogP contribution in [0, 0.1) is 0 Å². The smallest absolute Gasteiger partial charge is 0.268 e. The third-order valence-corrected chi connectivity index (χ3v) is 5.16. The second-order valence-corrected chi connectivity index (χ2v) is 7.20. The zero-order valence-electron chi connectivity index (χ0n) is 15.2. The van der Waals surface area contributed by atoms with Gasteiger partial charge in [-0.3, -0.25) is 4.79 Å². The number of amides is 1. The lowest BCUT2D eigenvalue weighted by atomic mass is 10.1. The zero-order chi connectivity index (χ0) is 19.2. The number of aromatic nitrogens is 2. The molecule has 0 aliphatic heterocycles. The Kier molecular flexibility index (Phi) is 5.54. The minimum Gasteiger partial charge on any atom is -0.329 e. The molecule has 3 aromatic carbocycles. The maximum absolute atomic E-state index is 13.5. The summed E-state index contributed by atoms with van der Waals surface area (Å²) in [5, 5.41) is 4.23. The minimum atomic E-state index is -0.0541. The van der Waals surface area contributed by atoms with Crippen molar-refractivity contribution < 1.29 is 4.79 Å². The first-order valence-corrected chi connectivity index (χ1v) is 9.83. The van der Waals surface area contributed by atoms with Gasteiger partial charge in [-0.15, -0.1) is 5.10 Å². The van der Waals surface area contributed by atoms with Crippen molar-refractivity contribution in [1.82, 2.24) is 14.5 Å². The summed E-state index contributed by atoms with van der Waals surface area (Å²) in [4.78, 5) is 15.9. The Morgan fingerprint density at radius 3 is 1.79 bits per heavy atom. The highest BCUT2D eigenvalue weighted by Gasteiger charge is 2.23. The predicted molar refractivity (Wildman–Crippen MR) is 112 cm³/mol. The van der Waals surface area contributed by atoms with Gasteiger partial charge < -0.3 is 4.90 Å². The van der Waals surface area contributed by atoms with E-state index in [9.17, 15) is 4.79 Å². The Balaban J connectivity index is 1.66. The van der Waals surface area contributed by atoms with Gasteiger partial charge >= 0.3 is 0 Å². The van der Waals surface area contributed by atoms with Crippen LogP contribution in [0.2, 0.25) is 0 Å². The normalized spacial score (nSPS) is 10.6. The third kappa shape index (κ3) is 4.15. The molecule has 0 fully saturated rings. The van der Waals surface area contributed by atoms with Crippen LogP contribution in [-0.4, -0.2) is 20.4 Å². The number of hydrogen-bond donors (Lipinski definition) is 0. The number of rotatable bonds is 6. The van der Waals surface area contributed by atoms with Gasteiger partial charge in [0, 0.05) is 18.7 Å². The summed E-state index contributed by atoms with van der Waals surface area (Å²) < 4.78 is 4.06. The zero-order valence-corrected chi connectivity index (χ0v) is 16.0. The van der Waals surface area contributed by atoms with Crippen molar-refractivity contribution in [3.05, 3.63) is 107 Å². The Morgan fingerprint density at radius 2 is 1.25 bits per heavy atom. The van der Waals surface area contributed by atoms with Crippen molar-refractivity contribution in [2.24, 2.45) is 0 Å². The molecule has 0 spiro atoms. The molecule has 0 unspecified atom stereocenters. The SMILES string of the molecule is O=C(c1snnc1-c1ccccc1)N(Cc1ccccc1)Cc1ccccc1. The van der Waals surface area contributed by atoms with Crippen molar-refractivity contribution in [3.8, 4) is 11.3 Å². The fraction of sp³-hybridized carbons (Fsp3) is 0.0870. The molecule has 4 rings (SSSR count). The van der Waals surface area contributed by atoms with E-state index in [0.29, 0.717) is 23.7 Å². The molecule has 0 bridgehead atoms. The quantitative estimate of drug-likeness (QED) is 0.467. The van der Waals surface area contributed by atoms with Crippen LogP contribution in [0.1, 0.15) is 20.8 Å². The van der Waals surface area contributed by atoms with Crippen LogP contribution in [0.25, 0.3) is 11.3 Å². The number of hydrogen-bond acceptors (Lipinski definition) is 4. The van der Waals surface area contributed by atoms with E-state index in [-0.39, 0.29) is 5.91 Å². The summed E-state index contributed by atoms with van der Waals surface area (Å²) in [5.41, 5.74) is 3.72. The van der Waals surface area contributed by atoms with Crippen molar-refractivity contribution in [2.45, 2.75) is 13.1 Å². The molecule has 0 aliphatic carbocycles. The summed E-state index contributed by atoms with van der Waals surface area (Å²) in [6, 6.07) is 29.8. The molecule has 0 saturated heterocycles. The predicted octanol–water partition coefficient (Wildman–Crippen LogP) is 5.05. The van der Waals surface area contributed by atoms with E-state index >= 15 is 0 Å². The number of carbonyl (C=O) groups excluding carboxylic acids is 1. The molecular weight excluding hydrogens is 366 g/mol. The fourth-order valence-corrected chi connectivity index (χ4v) is 3.72. The van der Waals surface area contributed by atoms with Crippen LogP contribution in [-0.2, 0) is 13.1 Å². The lowest BCUT2D eigenvalue weighted by Crippen LogP contribution is -2.30. The van der Waals surface area contributed by atoms with Crippen LogP contribution in [0.3, 0.4) is 0 Å². The van der Waals surface area contributed by atoms with Gasteiger partial charge in [0.15, 0.2) is 0 Å². The third-order valence-electron chi connectivity index (χ3n) is 4.45. The van der Waals surface area contributed by atoms with Gasteiger partial charge in [-0.25, -0.2) is 0 Å². The first-order chi connectivity index (χ1) is 13.8. The van der Waals surface area contributed by atoms with E-state index in [2.05, 4.69) is 9.59 Å². The van der Waals surface area contributed by atoms with Crippen molar-refractivity contribution >= 4 is 17.4 Å². The maximum Gasteiger partial charge on any atom is 0.268 e. The van der Waals surface area contributed by atoms with Crippen LogP contribution < -0.4 is 0 Å². The van der Waals surface area contributed by atoms with E-state index in [1.165, 1.54) is 0 Å². The summed E-state index contributed by atoms with van der Waals surface area (Å²) in [6.45, 7) is 1.06. The molecule has 138 valence electrons. The summed E-state index contributed by atoms with van der Waals surface area (Å²) in [6.07, 6.45) is 0. The van der Waals surface area contributed by atoms with E-state index in [4.69, 9.17) is 0 Å². The first kappa shape index (κ1) is 18.1. The highest BCUT2D eigenvalue weighted by molar-refractivity contribution is 7.08. The number of carbonyl (C=O) groups is 1. The average Bonchev–Trinajstić information content (AvgIpc) is 3.25. The molecule has 1 aromatic heterocycles. The second-order valence-electron chi connectivity index (χ2n) is 6.45. The van der Waals surface area contributed by atoms with E-state index in [1.807, 2.05) is 95.9 Å². The van der Waals surface area contributed by atoms with Gasteiger partial charge in [-0.05, 0) is 22.7 Å². The van der Waals surface area contributed by atoms with Gasteiger partial charge in [0.05, 0.1) is 0 Å². The Hall–Kier alpha value is -3.31. The highest BCUT2D eigenvalue weighted by atomic mass is 32.1. The van der Waals surface area contributed by atoms with Crippen LogP contribution in [0.5, 0.6) is 0 Å². The standard InChI is InChI=1S/C23H19N3OS/c27-23(22-21(24-25-28-22)20-14-8-3-9-15-20)26(16-18-10-4-1-5-11-18)17-19-12-6-2-7-13-19/h1-15H,16-17H2. The molecule has 0 radical (unpaired) electrons. The minimum absolute atomic E-state index is 0.0541. The molecule has 28 heavy (non-hydrogen) atoms. The van der Waals surface area contributed by atoms with E-state index in [1.54, 1.807) is 0 Å². The summed E-state index contributed by atoms with van der Waals surface area (Å²) >= 11 is 1.15. The summed E-state index contributed by atoms with van der Waals surface area (Å²) in [5.74, 6) is -0.0541. The Morgan fingerprint density at radius 1 is 0.750 bits per heavy atom. The van der Waals surface area contributed by atoms with Crippen LogP contribution in [0.15, 0.2) is 91.0 Å². The fourth-order valence-electron chi connectivity index (χ4n) is 3.07. The lowest BCUT2D eigenvalue weighted by Gasteiger charge is -2.22. The van der Waals surface area contributed by atoms with E-state index < -0.39 is 0 Å². The van der Waals surface area contributed by atoms with Crippen LogP contribution in [0.4, 0.5) is 0 Å². The monoisotopic (exact) mass is 385 g/mol. The topological polar surface area (TPSA) is 46.1 Å². The highest BCUT2D eigenvalue weighted by Crippen LogP contribution is 2.26. The van der Waals surface area contributed by atoms with Gasteiger partial charge in [0.25, 0.3) is 5.91 Å². The molecule has 0 saturated carbocycles. The molecule has 0 atom stereocenters. The Labute approximate surface area is 168 Å². The first-order valence-electron chi connectivity index (χ1n) is 9.06. The van der Waals surface area contributed by atoms with E-state index in [0.717, 1.165) is 28.2 Å². The molecule has 1 amide bonds. The van der Waals surface area contributed by atoms with Gasteiger partial charge in [-0.1, -0.05) is 95.5 Å². The molecule has 4 aromatic rings. The van der Waals surface area contributed by atoms with Crippen molar-refractivity contribution in [2.75, 3.05) is 0 Å². The molecule has 0 aliphatic rings. The molecular formula is C23H19N3OS. The summed E-state index contributed by atoms with van der Waals surface area (Å²) in [7, 11) is 0. The molecule has 4 nitrogen and oxygen atoms in total. The molecule has 0 N–H and O–H groups in total. The van der Waals surface area contributed by atoms with Gasteiger partial charge in [0.2, 0.25) is 0 Å². The van der Waals surface area contributed by atoms with Crippen molar-refractivity contribution in [1.29, 1.82) is 0 Å². The van der Waals surface area contributed by atoms with Crippen LogP contribution >= 0.6 is 11.5 Å². The number of nitrogens with zero attached hydrogens (tertiary/aromatic N) is 3. The van der Waals surface area contributed by atoms with Crippen molar-refractivity contribution in [3.63, 3.8) is 0 Å². The number of benzene rings is 3. The van der Waals surface area contributed by atoms with Gasteiger partial charge in [-0.2, -0.15) is 0 Å².